The van der Waals surface area contributed by atoms with Gasteiger partial charge >= 0.3 is 0 Å². The molecule has 2 aromatic carbocycles. The van der Waals surface area contributed by atoms with Gasteiger partial charge in [-0.2, -0.15) is 0 Å². The third-order valence-corrected chi connectivity index (χ3v) is 7.56. The Kier molecular flexibility index (Phi) is 17.3. The van der Waals surface area contributed by atoms with Crippen LogP contribution in [0.15, 0.2) is 60.7 Å². The smallest absolute Gasteiger partial charge is 0.0695 e. The summed E-state index contributed by atoms with van der Waals surface area (Å²) in [4.78, 5) is 2.51. The lowest BCUT2D eigenvalue weighted by Gasteiger charge is -2.35. The van der Waals surface area contributed by atoms with Gasteiger partial charge in [0.1, 0.15) is 0 Å². The number of aliphatic hydroxyl groups is 1. The Morgan fingerprint density at radius 2 is 0.944 bits per heavy atom. The quantitative estimate of drug-likeness (QED) is 0.165. The minimum Gasteiger partial charge on any atom is -0.391 e. The van der Waals surface area contributed by atoms with Crippen molar-refractivity contribution in [2.45, 2.75) is 142 Å². The second kappa shape index (κ2) is 20.4. The summed E-state index contributed by atoms with van der Waals surface area (Å²) in [6.45, 7) is 6.30. The normalized spacial score (nSPS) is 13.2. The molecule has 1 N–H and O–H groups in total. The fourth-order valence-electron chi connectivity index (χ4n) is 5.40. The highest BCUT2D eigenvalue weighted by molar-refractivity contribution is 5.17. The molecule has 2 atom stereocenters. The van der Waals surface area contributed by atoms with Gasteiger partial charge in [0.25, 0.3) is 0 Å². The molecular formula is C34H55NO. The summed E-state index contributed by atoms with van der Waals surface area (Å²) in [6, 6.07) is 21.7. The van der Waals surface area contributed by atoms with E-state index in [1.807, 2.05) is 0 Å². The van der Waals surface area contributed by atoms with E-state index in [0.717, 1.165) is 38.8 Å². The molecule has 0 fully saturated rings. The van der Waals surface area contributed by atoms with Gasteiger partial charge < -0.3 is 5.11 Å². The van der Waals surface area contributed by atoms with E-state index in [9.17, 15) is 5.11 Å². The van der Waals surface area contributed by atoms with Crippen LogP contribution in [0.1, 0.15) is 128 Å². The predicted molar refractivity (Wildman–Crippen MR) is 157 cm³/mol. The van der Waals surface area contributed by atoms with Crippen molar-refractivity contribution in [3.05, 3.63) is 71.8 Å². The van der Waals surface area contributed by atoms with E-state index in [-0.39, 0.29) is 12.1 Å². The van der Waals surface area contributed by atoms with Crippen molar-refractivity contribution in [2.24, 2.45) is 0 Å². The molecule has 0 aliphatic carbocycles. The first kappa shape index (κ1) is 30.6. The van der Waals surface area contributed by atoms with Crippen LogP contribution >= 0.6 is 0 Å². The van der Waals surface area contributed by atoms with E-state index in [2.05, 4.69) is 79.4 Å². The van der Waals surface area contributed by atoms with Gasteiger partial charge in [-0.25, -0.2) is 0 Å². The number of unbranched alkanes of at least 4 members (excludes halogenated alkanes) is 12. The molecule has 0 bridgehead atoms. The van der Waals surface area contributed by atoms with Crippen molar-refractivity contribution in [3.63, 3.8) is 0 Å². The zero-order valence-corrected chi connectivity index (χ0v) is 23.6. The first-order chi connectivity index (χ1) is 17.7. The van der Waals surface area contributed by atoms with Crippen molar-refractivity contribution in [2.75, 3.05) is 0 Å². The maximum atomic E-state index is 11.3. The Bertz CT molecular complexity index is 690. The maximum Gasteiger partial charge on any atom is 0.0695 e. The van der Waals surface area contributed by atoms with Crippen molar-refractivity contribution in [1.29, 1.82) is 0 Å². The molecule has 2 aromatic rings. The van der Waals surface area contributed by atoms with Crippen LogP contribution in [0.5, 0.6) is 0 Å². The number of aliphatic hydroxyl groups excluding tert-OH is 1. The minimum atomic E-state index is -0.259. The zero-order chi connectivity index (χ0) is 25.7. The molecule has 0 saturated heterocycles. The van der Waals surface area contributed by atoms with E-state index in [1.54, 1.807) is 0 Å². The lowest BCUT2D eigenvalue weighted by molar-refractivity contribution is 0.0275. The van der Waals surface area contributed by atoms with E-state index in [4.69, 9.17) is 0 Å². The fraction of sp³-hybridized carbons (Fsp3) is 0.647. The number of hydrogen-bond donors (Lipinski definition) is 1. The Hall–Kier alpha value is -1.64. The third kappa shape index (κ3) is 13.6. The number of rotatable bonds is 22. The summed E-state index contributed by atoms with van der Waals surface area (Å²) in [7, 11) is 0. The maximum absolute atomic E-state index is 11.3. The van der Waals surface area contributed by atoms with Crippen molar-refractivity contribution >= 4 is 0 Å². The summed E-state index contributed by atoms with van der Waals surface area (Å²) < 4.78 is 0. The largest absolute Gasteiger partial charge is 0.391 e. The first-order valence-electron chi connectivity index (χ1n) is 15.2. The second-order valence-electron chi connectivity index (χ2n) is 10.8. The van der Waals surface area contributed by atoms with E-state index in [1.165, 1.54) is 88.2 Å². The van der Waals surface area contributed by atoms with Crippen LogP contribution in [0.2, 0.25) is 0 Å². The molecule has 0 heterocycles. The average molecular weight is 494 g/mol. The highest BCUT2D eigenvalue weighted by Crippen LogP contribution is 2.22. The summed E-state index contributed by atoms with van der Waals surface area (Å²) >= 11 is 0. The van der Waals surface area contributed by atoms with Gasteiger partial charge in [0, 0.05) is 19.1 Å². The molecule has 202 valence electrons. The van der Waals surface area contributed by atoms with Gasteiger partial charge in [-0.05, 0) is 24.0 Å². The van der Waals surface area contributed by atoms with E-state index < -0.39 is 0 Å². The standard InChI is InChI=1S/C34H55NO/c1-3-5-6-7-8-9-10-11-12-13-14-15-22-28-34(36)33(23-4-2)35(29-31-24-18-16-19-25-31)30-32-26-20-17-21-27-32/h16-21,24-27,33-34,36H,3-15,22-23,28-30H2,1-2H3/t33-,34+/m0/s1. The Morgan fingerprint density at radius 3 is 1.36 bits per heavy atom. The zero-order valence-electron chi connectivity index (χ0n) is 23.6. The SMILES string of the molecule is CCCCCCCCCCCCCCC[C@@H](O)[C@H](CCC)N(Cc1ccccc1)Cc1ccccc1. The summed E-state index contributed by atoms with van der Waals surface area (Å²) in [5.74, 6) is 0. The van der Waals surface area contributed by atoms with Crippen LogP contribution in [-0.4, -0.2) is 22.2 Å². The van der Waals surface area contributed by atoms with Crippen molar-refractivity contribution in [1.82, 2.24) is 4.90 Å². The molecule has 36 heavy (non-hydrogen) atoms. The van der Waals surface area contributed by atoms with Crippen LogP contribution in [0.4, 0.5) is 0 Å². The van der Waals surface area contributed by atoms with Gasteiger partial charge in [0.15, 0.2) is 0 Å². The summed E-state index contributed by atoms with van der Waals surface area (Å²) in [5.41, 5.74) is 2.64. The van der Waals surface area contributed by atoms with E-state index >= 15 is 0 Å². The molecule has 2 heteroatoms. The second-order valence-corrected chi connectivity index (χ2v) is 10.8. The molecule has 0 spiro atoms. The summed E-state index contributed by atoms with van der Waals surface area (Å²) in [6.07, 6.45) is 20.6. The van der Waals surface area contributed by atoms with Crippen molar-refractivity contribution < 1.29 is 5.11 Å². The topological polar surface area (TPSA) is 23.5 Å². The molecule has 0 radical (unpaired) electrons. The van der Waals surface area contributed by atoms with E-state index in [0.29, 0.717) is 0 Å². The molecule has 0 amide bonds. The molecule has 2 rings (SSSR count). The number of benzene rings is 2. The van der Waals surface area contributed by atoms with Crippen LogP contribution in [0.3, 0.4) is 0 Å². The average Bonchev–Trinajstić information content (AvgIpc) is 2.90. The monoisotopic (exact) mass is 493 g/mol. The minimum absolute atomic E-state index is 0.202. The van der Waals surface area contributed by atoms with Gasteiger partial charge in [0.2, 0.25) is 0 Å². The van der Waals surface area contributed by atoms with Crippen LogP contribution in [0.25, 0.3) is 0 Å². The van der Waals surface area contributed by atoms with Crippen molar-refractivity contribution in [3.8, 4) is 0 Å². The first-order valence-corrected chi connectivity index (χ1v) is 15.2. The fourth-order valence-corrected chi connectivity index (χ4v) is 5.40. The highest BCUT2D eigenvalue weighted by atomic mass is 16.3. The predicted octanol–water partition coefficient (Wildman–Crippen LogP) is 9.70. The lowest BCUT2D eigenvalue weighted by atomic mass is 9.96. The Morgan fingerprint density at radius 1 is 0.528 bits per heavy atom. The van der Waals surface area contributed by atoms with Gasteiger partial charge in [-0.15, -0.1) is 0 Å². The number of hydrogen-bond acceptors (Lipinski definition) is 2. The third-order valence-electron chi connectivity index (χ3n) is 7.56. The molecule has 0 aliphatic rings. The molecule has 0 aliphatic heterocycles. The van der Waals surface area contributed by atoms with Crippen LogP contribution < -0.4 is 0 Å². The van der Waals surface area contributed by atoms with Crippen LogP contribution in [-0.2, 0) is 13.1 Å². The van der Waals surface area contributed by atoms with Crippen LogP contribution in [0, 0.1) is 0 Å². The van der Waals surface area contributed by atoms with Gasteiger partial charge in [-0.1, -0.05) is 164 Å². The molecule has 2 nitrogen and oxygen atoms in total. The lowest BCUT2D eigenvalue weighted by Crippen LogP contribution is -2.43. The summed E-state index contributed by atoms with van der Waals surface area (Å²) in [5, 5.41) is 11.3. The molecule has 0 aromatic heterocycles. The Labute approximate surface area is 223 Å². The van der Waals surface area contributed by atoms with Gasteiger partial charge in [-0.3, -0.25) is 4.90 Å². The molecule has 0 saturated carbocycles. The molecular weight excluding hydrogens is 438 g/mol. The van der Waals surface area contributed by atoms with Gasteiger partial charge in [0.05, 0.1) is 6.10 Å². The highest BCUT2D eigenvalue weighted by Gasteiger charge is 2.25. The number of nitrogens with zero attached hydrogens (tertiary/aromatic N) is 1. The Balaban J connectivity index is 1.73. The molecule has 0 unspecified atom stereocenters.